The molecule has 0 saturated carbocycles. The molecule has 0 radical (unpaired) electrons. The van der Waals surface area contributed by atoms with Crippen LogP contribution in [-0.2, 0) is 14.3 Å². The highest BCUT2D eigenvalue weighted by molar-refractivity contribution is 8.19. The molecule has 3 rings (SSSR count). The van der Waals surface area contributed by atoms with Gasteiger partial charge < -0.3 is 4.74 Å². The van der Waals surface area contributed by atoms with Gasteiger partial charge in [0.25, 0.3) is 5.91 Å². The Hall–Kier alpha value is -3.00. The number of amides is 1. The van der Waals surface area contributed by atoms with Gasteiger partial charge in [-0.15, -0.1) is 0 Å². The predicted molar refractivity (Wildman–Crippen MR) is 95.1 cm³/mol. The molecule has 0 aromatic heterocycles. The third-order valence-corrected chi connectivity index (χ3v) is 4.36. The van der Waals surface area contributed by atoms with Crippen LogP contribution in [0, 0.1) is 11.6 Å². The van der Waals surface area contributed by atoms with Crippen LogP contribution >= 0.6 is 11.8 Å². The van der Waals surface area contributed by atoms with E-state index in [9.17, 15) is 18.4 Å². The molecule has 0 N–H and O–H groups in total. The summed E-state index contributed by atoms with van der Waals surface area (Å²) < 4.78 is 30.8. The molecule has 26 heavy (non-hydrogen) atoms. The summed E-state index contributed by atoms with van der Waals surface area (Å²) in [5, 5.41) is 0.253. The van der Waals surface area contributed by atoms with E-state index in [1.165, 1.54) is 60.5 Å². The van der Waals surface area contributed by atoms with Crippen molar-refractivity contribution in [1.82, 2.24) is 0 Å². The monoisotopic (exact) mass is 374 g/mol. The second-order valence-corrected chi connectivity index (χ2v) is 6.13. The van der Waals surface area contributed by atoms with Crippen molar-refractivity contribution in [2.45, 2.75) is 0 Å². The fourth-order valence-electron chi connectivity index (χ4n) is 2.16. The lowest BCUT2D eigenvalue weighted by molar-refractivity contribution is -0.135. The van der Waals surface area contributed by atoms with Crippen molar-refractivity contribution in [2.24, 2.45) is 4.99 Å². The first kappa shape index (κ1) is 17.8. The predicted octanol–water partition coefficient (Wildman–Crippen LogP) is 3.79. The van der Waals surface area contributed by atoms with Crippen LogP contribution in [0.15, 0.2) is 64.5 Å². The van der Waals surface area contributed by atoms with Crippen molar-refractivity contribution in [3.8, 4) is 0 Å². The van der Waals surface area contributed by atoms with E-state index in [4.69, 9.17) is 0 Å². The number of rotatable bonds is 3. The lowest BCUT2D eigenvalue weighted by Gasteiger charge is -2.15. The number of amidine groups is 1. The molecule has 2 aromatic carbocycles. The maximum Gasteiger partial charge on any atom is 0.331 e. The number of thioether (sulfide) groups is 1. The van der Waals surface area contributed by atoms with Crippen LogP contribution in [0.2, 0.25) is 0 Å². The minimum absolute atomic E-state index is 0.113. The van der Waals surface area contributed by atoms with Gasteiger partial charge in [-0.1, -0.05) is 0 Å². The number of benzene rings is 2. The normalized spacial score (nSPS) is 17.2. The molecule has 1 aliphatic heterocycles. The Balaban J connectivity index is 2.04. The van der Waals surface area contributed by atoms with E-state index < -0.39 is 23.5 Å². The Kier molecular flexibility index (Phi) is 5.13. The van der Waals surface area contributed by atoms with Gasteiger partial charge in [0, 0.05) is 6.08 Å². The zero-order chi connectivity index (χ0) is 18.7. The number of carbonyl (C=O) groups is 2. The zero-order valence-electron chi connectivity index (χ0n) is 13.5. The van der Waals surface area contributed by atoms with Gasteiger partial charge in [-0.2, -0.15) is 0 Å². The summed E-state index contributed by atoms with van der Waals surface area (Å²) in [6.07, 6.45) is 1.07. The topological polar surface area (TPSA) is 59.0 Å². The Morgan fingerprint density at radius 1 is 1.08 bits per heavy atom. The highest BCUT2D eigenvalue weighted by Gasteiger charge is 2.35. The van der Waals surface area contributed by atoms with Crippen LogP contribution in [0.4, 0.5) is 20.2 Å². The molecule has 1 aliphatic rings. The Morgan fingerprint density at radius 3 is 2.23 bits per heavy atom. The molecule has 0 aliphatic carbocycles. The molecule has 0 bridgehead atoms. The van der Waals surface area contributed by atoms with E-state index in [2.05, 4.69) is 9.73 Å². The lowest BCUT2D eigenvalue weighted by atomic mass is 10.3. The summed E-state index contributed by atoms with van der Waals surface area (Å²) in [6.45, 7) is 0. The fourth-order valence-corrected chi connectivity index (χ4v) is 3.12. The van der Waals surface area contributed by atoms with Crippen molar-refractivity contribution in [3.05, 3.63) is 71.1 Å². The largest absolute Gasteiger partial charge is 0.466 e. The van der Waals surface area contributed by atoms with Gasteiger partial charge >= 0.3 is 5.97 Å². The molecule has 0 unspecified atom stereocenters. The van der Waals surface area contributed by atoms with E-state index in [0.29, 0.717) is 11.4 Å². The van der Waals surface area contributed by atoms with Crippen molar-refractivity contribution in [3.63, 3.8) is 0 Å². The molecule has 0 spiro atoms. The van der Waals surface area contributed by atoms with Crippen molar-refractivity contribution < 1.29 is 23.1 Å². The van der Waals surface area contributed by atoms with Gasteiger partial charge in [0.1, 0.15) is 11.6 Å². The molecule has 132 valence electrons. The number of nitrogens with zero attached hydrogens (tertiary/aromatic N) is 2. The van der Waals surface area contributed by atoms with Gasteiger partial charge in [0.05, 0.1) is 23.4 Å². The Morgan fingerprint density at radius 2 is 1.65 bits per heavy atom. The summed E-state index contributed by atoms with van der Waals surface area (Å²) >= 11 is 0.968. The second-order valence-electron chi connectivity index (χ2n) is 5.12. The molecular weight excluding hydrogens is 362 g/mol. The summed E-state index contributed by atoms with van der Waals surface area (Å²) in [6, 6.07) is 10.7. The van der Waals surface area contributed by atoms with Crippen molar-refractivity contribution >= 4 is 40.2 Å². The first-order valence-electron chi connectivity index (χ1n) is 7.39. The van der Waals surface area contributed by atoms with E-state index in [1.54, 1.807) is 0 Å². The van der Waals surface area contributed by atoms with Crippen LogP contribution in [0.1, 0.15) is 0 Å². The molecule has 1 fully saturated rings. The summed E-state index contributed by atoms with van der Waals surface area (Å²) in [5.41, 5.74) is 0.811. The van der Waals surface area contributed by atoms with Gasteiger partial charge in [-0.3, -0.25) is 9.69 Å². The molecule has 1 saturated heterocycles. The average Bonchev–Trinajstić information content (AvgIpc) is 2.93. The second kappa shape index (κ2) is 7.49. The van der Waals surface area contributed by atoms with Crippen LogP contribution in [-0.4, -0.2) is 24.2 Å². The SMILES string of the molecule is COC(=O)C=C1SC(=Nc2ccc(F)cc2)N(c2ccc(F)cc2)C1=O. The number of halogens is 2. The standard InChI is InChI=1S/C18H12F2N2O3S/c1-25-16(23)10-15-17(24)22(14-8-4-12(20)5-9-14)18(26-15)21-13-6-2-11(19)3-7-13/h2-10H,1H3. The Labute approximate surface area is 152 Å². The number of esters is 1. The number of hydrogen-bond acceptors (Lipinski definition) is 5. The number of methoxy groups -OCH3 is 1. The molecule has 0 atom stereocenters. The first-order valence-corrected chi connectivity index (χ1v) is 8.21. The maximum absolute atomic E-state index is 13.2. The zero-order valence-corrected chi connectivity index (χ0v) is 14.3. The smallest absolute Gasteiger partial charge is 0.331 e. The number of hydrogen-bond donors (Lipinski definition) is 0. The quantitative estimate of drug-likeness (QED) is 0.606. The Bertz CT molecular complexity index is 909. The molecule has 1 amide bonds. The minimum Gasteiger partial charge on any atom is -0.466 e. The van der Waals surface area contributed by atoms with Crippen LogP contribution in [0.3, 0.4) is 0 Å². The summed E-state index contributed by atoms with van der Waals surface area (Å²) in [7, 11) is 1.20. The van der Waals surface area contributed by atoms with Gasteiger partial charge in [-0.05, 0) is 60.3 Å². The molecular formula is C18H12F2N2O3S. The number of anilines is 1. The highest BCUT2D eigenvalue weighted by Crippen LogP contribution is 2.36. The molecule has 1 heterocycles. The van der Waals surface area contributed by atoms with E-state index in [0.717, 1.165) is 17.8 Å². The van der Waals surface area contributed by atoms with E-state index in [-0.39, 0.29) is 10.1 Å². The first-order chi connectivity index (χ1) is 12.5. The third-order valence-electron chi connectivity index (χ3n) is 3.39. The van der Waals surface area contributed by atoms with Crippen molar-refractivity contribution in [2.75, 3.05) is 12.0 Å². The minimum atomic E-state index is -0.678. The van der Waals surface area contributed by atoms with E-state index >= 15 is 0 Å². The third kappa shape index (κ3) is 3.80. The van der Waals surface area contributed by atoms with Gasteiger partial charge in [0.15, 0.2) is 5.17 Å². The fraction of sp³-hybridized carbons (Fsp3) is 0.0556. The van der Waals surface area contributed by atoms with Gasteiger partial charge in [-0.25, -0.2) is 18.6 Å². The molecule has 5 nitrogen and oxygen atoms in total. The molecule has 8 heteroatoms. The van der Waals surface area contributed by atoms with Crippen LogP contribution in [0.5, 0.6) is 0 Å². The van der Waals surface area contributed by atoms with Crippen LogP contribution in [0.25, 0.3) is 0 Å². The molecule has 2 aromatic rings. The number of carbonyl (C=O) groups excluding carboxylic acids is 2. The number of ether oxygens (including phenoxy) is 1. The van der Waals surface area contributed by atoms with Crippen molar-refractivity contribution in [1.29, 1.82) is 0 Å². The van der Waals surface area contributed by atoms with E-state index in [1.807, 2.05) is 0 Å². The number of aliphatic imine (C=N–C) groups is 1. The summed E-state index contributed by atoms with van der Waals surface area (Å²) in [4.78, 5) is 29.9. The van der Waals surface area contributed by atoms with Gasteiger partial charge in [0.2, 0.25) is 0 Å². The maximum atomic E-state index is 13.2. The highest BCUT2D eigenvalue weighted by atomic mass is 32.2. The lowest BCUT2D eigenvalue weighted by Crippen LogP contribution is -2.28. The summed E-state index contributed by atoms with van der Waals surface area (Å²) in [5.74, 6) is -2.03. The van der Waals surface area contributed by atoms with Crippen LogP contribution < -0.4 is 4.90 Å². The average molecular weight is 374 g/mol.